The number of halogens is 1. The number of carbonyl (C=O) groups excluding carboxylic acids is 1. The fourth-order valence-corrected chi connectivity index (χ4v) is 1.85. The zero-order chi connectivity index (χ0) is 14.6. The van der Waals surface area contributed by atoms with E-state index in [1.54, 1.807) is 19.9 Å². The monoisotopic (exact) mass is 331 g/mol. The highest BCUT2D eigenvalue weighted by Gasteiger charge is 2.18. The Hall–Kier alpha value is -1.63. The summed E-state index contributed by atoms with van der Waals surface area (Å²) in [5.74, 6) is -0.0788. The Kier molecular flexibility index (Phi) is 5.29. The van der Waals surface area contributed by atoms with E-state index in [0.29, 0.717) is 11.3 Å². The second kappa shape index (κ2) is 6.51. The van der Waals surface area contributed by atoms with Gasteiger partial charge in [0.25, 0.3) is 5.69 Å². The molecule has 19 heavy (non-hydrogen) atoms. The fourth-order valence-electron chi connectivity index (χ4n) is 1.53. The smallest absolute Gasteiger partial charge is 0.322 e. The van der Waals surface area contributed by atoms with Crippen LogP contribution in [0.15, 0.2) is 12.1 Å². The minimum absolute atomic E-state index is 0.00945. The highest BCUT2D eigenvalue weighted by atomic mass is 79.9. The summed E-state index contributed by atoms with van der Waals surface area (Å²) >= 11 is 3.11. The fraction of sp³-hybridized carbons (Fsp3) is 0.417. The summed E-state index contributed by atoms with van der Waals surface area (Å²) in [4.78, 5) is 21.0. The van der Waals surface area contributed by atoms with Gasteiger partial charge >= 0.3 is 5.97 Å². The number of hydrogen-bond acceptors (Lipinski definition) is 5. The molecule has 0 aliphatic carbocycles. The molecular weight excluding hydrogens is 318 g/mol. The molecule has 0 aliphatic rings. The quantitative estimate of drug-likeness (QED) is 0.358. The molecule has 0 saturated carbocycles. The van der Waals surface area contributed by atoms with Gasteiger partial charge in [-0.3, -0.25) is 14.9 Å². The molecule has 0 aliphatic heterocycles. The molecule has 0 aromatic heterocycles. The molecule has 7 heteroatoms. The first-order valence-corrected chi connectivity index (χ1v) is 6.38. The van der Waals surface area contributed by atoms with E-state index in [-0.39, 0.29) is 12.3 Å². The van der Waals surface area contributed by atoms with Crippen LogP contribution in [0.3, 0.4) is 0 Å². The molecule has 1 aromatic carbocycles. The molecule has 1 atom stereocenters. The van der Waals surface area contributed by atoms with Crippen LogP contribution in [-0.2, 0) is 9.53 Å². The van der Waals surface area contributed by atoms with Gasteiger partial charge in [0.2, 0.25) is 0 Å². The number of benzene rings is 1. The molecule has 0 bridgehead atoms. The first kappa shape index (κ1) is 15.4. The molecule has 1 rings (SSSR count). The van der Waals surface area contributed by atoms with Crippen LogP contribution < -0.4 is 4.74 Å². The molecule has 0 radical (unpaired) electrons. The average Bonchev–Trinajstić information content (AvgIpc) is 2.35. The first-order chi connectivity index (χ1) is 8.86. The zero-order valence-corrected chi connectivity index (χ0v) is 12.4. The number of methoxy groups -OCH3 is 1. The summed E-state index contributed by atoms with van der Waals surface area (Å²) in [6, 6.07) is 3.04. The van der Waals surface area contributed by atoms with Gasteiger partial charge in [0.1, 0.15) is 17.2 Å². The van der Waals surface area contributed by atoms with Crippen LogP contribution in [0.1, 0.15) is 11.1 Å². The number of nitrogens with zero attached hydrogens (tertiary/aromatic N) is 1. The number of carbonyl (C=O) groups is 1. The Labute approximate surface area is 119 Å². The summed E-state index contributed by atoms with van der Waals surface area (Å²) in [7, 11) is 1.28. The molecule has 0 saturated heterocycles. The standard InChI is InChI=1S/C12H14BrNO5/c1-7-4-8(2)11(5-10(7)14(16)17)19-6-9(13)12(15)18-3/h4-5,9H,6H2,1-3H3. The largest absolute Gasteiger partial charge is 0.491 e. The highest BCUT2D eigenvalue weighted by Crippen LogP contribution is 2.28. The van der Waals surface area contributed by atoms with Crippen molar-refractivity contribution in [3.8, 4) is 5.75 Å². The van der Waals surface area contributed by atoms with Crippen molar-refractivity contribution in [1.82, 2.24) is 0 Å². The number of nitro groups is 1. The van der Waals surface area contributed by atoms with Crippen LogP contribution >= 0.6 is 15.9 Å². The number of aryl methyl sites for hydroxylation is 2. The molecule has 0 fully saturated rings. The lowest BCUT2D eigenvalue weighted by Crippen LogP contribution is -2.23. The van der Waals surface area contributed by atoms with Crippen molar-refractivity contribution in [3.63, 3.8) is 0 Å². The maximum Gasteiger partial charge on any atom is 0.322 e. The number of nitro benzene ring substituents is 1. The van der Waals surface area contributed by atoms with Crippen molar-refractivity contribution in [2.24, 2.45) is 0 Å². The Morgan fingerprint density at radius 3 is 2.58 bits per heavy atom. The predicted molar refractivity (Wildman–Crippen MR) is 72.8 cm³/mol. The predicted octanol–water partition coefficient (Wildman–Crippen LogP) is 2.53. The van der Waals surface area contributed by atoms with Crippen LogP contribution in [-0.4, -0.2) is 29.4 Å². The van der Waals surface area contributed by atoms with Crippen molar-refractivity contribution < 1.29 is 19.2 Å². The van der Waals surface area contributed by atoms with Gasteiger partial charge in [-0.2, -0.15) is 0 Å². The van der Waals surface area contributed by atoms with Crippen LogP contribution in [0.25, 0.3) is 0 Å². The van der Waals surface area contributed by atoms with Gasteiger partial charge in [-0.25, -0.2) is 0 Å². The van der Waals surface area contributed by atoms with Crippen molar-refractivity contribution in [1.29, 1.82) is 0 Å². The number of alkyl halides is 1. The molecular formula is C12H14BrNO5. The van der Waals surface area contributed by atoms with Gasteiger partial charge in [0.15, 0.2) is 0 Å². The summed E-state index contributed by atoms with van der Waals surface area (Å²) in [5, 5.41) is 10.8. The Morgan fingerprint density at radius 2 is 2.05 bits per heavy atom. The van der Waals surface area contributed by atoms with E-state index in [9.17, 15) is 14.9 Å². The van der Waals surface area contributed by atoms with E-state index < -0.39 is 15.7 Å². The zero-order valence-electron chi connectivity index (χ0n) is 10.8. The van der Waals surface area contributed by atoms with E-state index in [1.807, 2.05) is 0 Å². The molecule has 1 aromatic rings. The van der Waals surface area contributed by atoms with Crippen molar-refractivity contribution in [2.45, 2.75) is 18.7 Å². The van der Waals surface area contributed by atoms with Gasteiger partial charge < -0.3 is 9.47 Å². The van der Waals surface area contributed by atoms with Crippen molar-refractivity contribution in [2.75, 3.05) is 13.7 Å². The highest BCUT2D eigenvalue weighted by molar-refractivity contribution is 9.10. The molecule has 104 valence electrons. The van der Waals surface area contributed by atoms with E-state index in [0.717, 1.165) is 5.56 Å². The normalized spacial score (nSPS) is 11.8. The van der Waals surface area contributed by atoms with Gasteiger partial charge in [0, 0.05) is 5.56 Å². The Balaban J connectivity index is 2.87. The number of hydrogen-bond donors (Lipinski definition) is 0. The number of rotatable bonds is 5. The average molecular weight is 332 g/mol. The van der Waals surface area contributed by atoms with E-state index in [2.05, 4.69) is 20.7 Å². The van der Waals surface area contributed by atoms with Crippen LogP contribution in [0.5, 0.6) is 5.75 Å². The van der Waals surface area contributed by atoms with E-state index in [4.69, 9.17) is 4.74 Å². The molecule has 0 spiro atoms. The second-order valence-corrected chi connectivity index (χ2v) is 5.07. The van der Waals surface area contributed by atoms with Gasteiger partial charge in [-0.15, -0.1) is 0 Å². The molecule has 0 heterocycles. The molecule has 0 amide bonds. The maximum absolute atomic E-state index is 11.2. The van der Waals surface area contributed by atoms with Gasteiger partial charge in [-0.05, 0) is 25.5 Å². The molecule has 0 N–H and O–H groups in total. The summed E-state index contributed by atoms with van der Waals surface area (Å²) in [6.45, 7) is 3.48. The SMILES string of the molecule is COC(=O)C(Br)COc1cc([N+](=O)[O-])c(C)cc1C. The van der Waals surface area contributed by atoms with E-state index in [1.165, 1.54) is 13.2 Å². The third-order valence-corrected chi connectivity index (χ3v) is 3.17. The minimum Gasteiger partial charge on any atom is -0.491 e. The van der Waals surface area contributed by atoms with E-state index >= 15 is 0 Å². The van der Waals surface area contributed by atoms with Crippen molar-refractivity contribution in [3.05, 3.63) is 33.4 Å². The number of ether oxygens (including phenoxy) is 2. The third-order valence-electron chi connectivity index (χ3n) is 2.53. The van der Waals surface area contributed by atoms with Crippen LogP contribution in [0.4, 0.5) is 5.69 Å². The summed E-state index contributed by atoms with van der Waals surface area (Å²) in [5.41, 5.74) is 1.33. The maximum atomic E-state index is 11.2. The number of esters is 1. The Bertz CT molecular complexity index is 503. The molecule has 6 nitrogen and oxygen atoms in total. The van der Waals surface area contributed by atoms with Gasteiger partial charge in [-0.1, -0.05) is 15.9 Å². The van der Waals surface area contributed by atoms with Crippen LogP contribution in [0, 0.1) is 24.0 Å². The topological polar surface area (TPSA) is 78.7 Å². The van der Waals surface area contributed by atoms with Gasteiger partial charge in [0.05, 0.1) is 18.1 Å². The summed E-state index contributed by atoms with van der Waals surface area (Å²) < 4.78 is 9.95. The lowest BCUT2D eigenvalue weighted by Gasteiger charge is -2.12. The Morgan fingerprint density at radius 1 is 1.42 bits per heavy atom. The summed E-state index contributed by atoms with van der Waals surface area (Å²) in [6.07, 6.45) is 0. The third kappa shape index (κ3) is 3.92. The second-order valence-electron chi connectivity index (χ2n) is 3.96. The molecule has 1 unspecified atom stereocenters. The first-order valence-electron chi connectivity index (χ1n) is 5.47. The van der Waals surface area contributed by atoms with Crippen molar-refractivity contribution >= 4 is 27.6 Å². The lowest BCUT2D eigenvalue weighted by atomic mass is 10.1. The lowest BCUT2D eigenvalue weighted by molar-refractivity contribution is -0.385. The van der Waals surface area contributed by atoms with Crippen LogP contribution in [0.2, 0.25) is 0 Å². The minimum atomic E-state index is -0.614.